The van der Waals surface area contributed by atoms with Crippen molar-refractivity contribution in [1.82, 2.24) is 10.2 Å². The summed E-state index contributed by atoms with van der Waals surface area (Å²) in [6.45, 7) is 6.43. The van der Waals surface area contributed by atoms with Gasteiger partial charge in [-0.3, -0.25) is 9.69 Å². The van der Waals surface area contributed by atoms with Crippen molar-refractivity contribution < 1.29 is 4.79 Å². The summed E-state index contributed by atoms with van der Waals surface area (Å²) in [6.07, 6.45) is 3.87. The molecule has 1 aromatic carbocycles. The van der Waals surface area contributed by atoms with Gasteiger partial charge in [0.05, 0.1) is 0 Å². The number of anilines is 1. The van der Waals surface area contributed by atoms with Crippen LogP contribution in [0.3, 0.4) is 0 Å². The van der Waals surface area contributed by atoms with Gasteiger partial charge >= 0.3 is 0 Å². The molecule has 2 aliphatic rings. The molecule has 2 heterocycles. The first-order valence-electron chi connectivity index (χ1n) is 8.05. The van der Waals surface area contributed by atoms with Gasteiger partial charge in [-0.05, 0) is 63.9 Å². The van der Waals surface area contributed by atoms with E-state index in [1.165, 1.54) is 32.4 Å². The van der Waals surface area contributed by atoms with Gasteiger partial charge in [0.15, 0.2) is 0 Å². The monoisotopic (exact) mass is 287 g/mol. The first-order valence-corrected chi connectivity index (χ1v) is 8.05. The largest absolute Gasteiger partial charge is 0.381 e. The van der Waals surface area contributed by atoms with E-state index >= 15 is 0 Å². The number of fused-ring (bicyclic) bond motifs is 1. The summed E-state index contributed by atoms with van der Waals surface area (Å²) >= 11 is 0. The van der Waals surface area contributed by atoms with Gasteiger partial charge in [-0.1, -0.05) is 0 Å². The average Bonchev–Trinajstić information content (AvgIpc) is 3.04. The van der Waals surface area contributed by atoms with Crippen LogP contribution in [-0.4, -0.2) is 42.0 Å². The molecule has 2 aliphatic heterocycles. The molecule has 1 amide bonds. The molecule has 2 fully saturated rings. The molecule has 1 aromatic rings. The molecule has 2 atom stereocenters. The van der Waals surface area contributed by atoms with Crippen molar-refractivity contribution in [1.29, 1.82) is 0 Å². The molecule has 0 spiro atoms. The van der Waals surface area contributed by atoms with E-state index in [1.807, 2.05) is 38.1 Å². The molecule has 0 radical (unpaired) electrons. The quantitative estimate of drug-likeness (QED) is 0.894. The highest BCUT2D eigenvalue weighted by Gasteiger charge is 2.36. The third-order valence-corrected chi connectivity index (χ3v) is 4.52. The van der Waals surface area contributed by atoms with Crippen molar-refractivity contribution in [3.05, 3.63) is 29.8 Å². The van der Waals surface area contributed by atoms with E-state index in [4.69, 9.17) is 0 Å². The van der Waals surface area contributed by atoms with Gasteiger partial charge in [-0.25, -0.2) is 0 Å². The van der Waals surface area contributed by atoms with Gasteiger partial charge in [0, 0.05) is 35.9 Å². The van der Waals surface area contributed by atoms with E-state index in [2.05, 4.69) is 15.5 Å². The Morgan fingerprint density at radius 3 is 2.67 bits per heavy atom. The zero-order valence-corrected chi connectivity index (χ0v) is 12.9. The maximum atomic E-state index is 11.9. The smallest absolute Gasteiger partial charge is 0.251 e. The van der Waals surface area contributed by atoms with Crippen molar-refractivity contribution >= 4 is 11.6 Å². The Morgan fingerprint density at radius 1 is 1.19 bits per heavy atom. The highest BCUT2D eigenvalue weighted by molar-refractivity contribution is 5.94. The fourth-order valence-corrected chi connectivity index (χ4v) is 3.53. The Labute approximate surface area is 126 Å². The molecule has 21 heavy (non-hydrogen) atoms. The van der Waals surface area contributed by atoms with Crippen LogP contribution in [0.5, 0.6) is 0 Å². The van der Waals surface area contributed by atoms with Crippen LogP contribution in [0.1, 0.15) is 43.5 Å². The van der Waals surface area contributed by atoms with E-state index in [9.17, 15) is 4.79 Å². The van der Waals surface area contributed by atoms with Crippen LogP contribution in [0.25, 0.3) is 0 Å². The van der Waals surface area contributed by atoms with E-state index in [0.29, 0.717) is 12.1 Å². The van der Waals surface area contributed by atoms with Crippen LogP contribution in [0, 0.1) is 0 Å². The first-order chi connectivity index (χ1) is 10.1. The minimum absolute atomic E-state index is 0.000570. The van der Waals surface area contributed by atoms with Crippen LogP contribution in [0.2, 0.25) is 0 Å². The SMILES string of the molecule is CC(C)NC(=O)c1ccc(NC2CCN3CCCC23)cc1. The molecule has 4 heteroatoms. The summed E-state index contributed by atoms with van der Waals surface area (Å²) in [7, 11) is 0. The summed E-state index contributed by atoms with van der Waals surface area (Å²) in [5, 5.41) is 6.56. The number of carbonyl (C=O) groups excluding carboxylic acids is 1. The van der Waals surface area contributed by atoms with Crippen molar-refractivity contribution in [2.45, 2.75) is 51.2 Å². The van der Waals surface area contributed by atoms with Crippen molar-refractivity contribution in [3.63, 3.8) is 0 Å². The van der Waals surface area contributed by atoms with Crippen molar-refractivity contribution in [2.24, 2.45) is 0 Å². The zero-order chi connectivity index (χ0) is 14.8. The van der Waals surface area contributed by atoms with Gasteiger partial charge in [0.25, 0.3) is 5.91 Å². The Bertz CT molecular complexity index is 497. The second-order valence-corrected chi connectivity index (χ2v) is 6.49. The maximum Gasteiger partial charge on any atom is 0.251 e. The number of amides is 1. The molecule has 3 rings (SSSR count). The lowest BCUT2D eigenvalue weighted by atomic mass is 10.1. The zero-order valence-electron chi connectivity index (χ0n) is 12.9. The van der Waals surface area contributed by atoms with Gasteiger partial charge in [-0.15, -0.1) is 0 Å². The fourth-order valence-electron chi connectivity index (χ4n) is 3.53. The third kappa shape index (κ3) is 3.21. The molecular weight excluding hydrogens is 262 g/mol. The summed E-state index contributed by atoms with van der Waals surface area (Å²) in [5.74, 6) is -0.000570. The highest BCUT2D eigenvalue weighted by Crippen LogP contribution is 2.30. The van der Waals surface area contributed by atoms with E-state index < -0.39 is 0 Å². The van der Waals surface area contributed by atoms with Gasteiger partial charge in [-0.2, -0.15) is 0 Å². The number of hydrogen-bond donors (Lipinski definition) is 2. The summed E-state index contributed by atoms with van der Waals surface area (Å²) in [4.78, 5) is 14.5. The third-order valence-electron chi connectivity index (χ3n) is 4.52. The highest BCUT2D eigenvalue weighted by atomic mass is 16.1. The molecule has 2 saturated heterocycles. The first kappa shape index (κ1) is 14.4. The van der Waals surface area contributed by atoms with Crippen LogP contribution >= 0.6 is 0 Å². The Hall–Kier alpha value is -1.55. The van der Waals surface area contributed by atoms with E-state index in [1.54, 1.807) is 0 Å². The summed E-state index contributed by atoms with van der Waals surface area (Å²) < 4.78 is 0. The Morgan fingerprint density at radius 2 is 1.95 bits per heavy atom. The van der Waals surface area contributed by atoms with Crippen molar-refractivity contribution in [2.75, 3.05) is 18.4 Å². The molecular formula is C17H25N3O. The predicted octanol–water partition coefficient (Wildman–Crippen LogP) is 2.47. The number of carbonyl (C=O) groups is 1. The minimum atomic E-state index is -0.000570. The second kappa shape index (κ2) is 6.06. The van der Waals surface area contributed by atoms with Crippen LogP contribution in [0.15, 0.2) is 24.3 Å². The number of nitrogens with zero attached hydrogens (tertiary/aromatic N) is 1. The van der Waals surface area contributed by atoms with Crippen LogP contribution in [-0.2, 0) is 0 Å². The van der Waals surface area contributed by atoms with Gasteiger partial charge in [0.2, 0.25) is 0 Å². The van der Waals surface area contributed by atoms with Crippen molar-refractivity contribution in [3.8, 4) is 0 Å². The number of hydrogen-bond acceptors (Lipinski definition) is 3. The Balaban J connectivity index is 1.61. The Kier molecular flexibility index (Phi) is 4.15. The molecule has 4 nitrogen and oxygen atoms in total. The standard InChI is InChI=1S/C17H25N3O/c1-12(2)18-17(21)13-5-7-14(8-6-13)19-15-9-11-20-10-3-4-16(15)20/h5-8,12,15-16,19H,3-4,9-11H2,1-2H3,(H,18,21). The fraction of sp³-hybridized carbons (Fsp3) is 0.588. The molecule has 0 bridgehead atoms. The predicted molar refractivity (Wildman–Crippen MR) is 85.7 cm³/mol. The second-order valence-electron chi connectivity index (χ2n) is 6.49. The number of nitrogens with one attached hydrogen (secondary N) is 2. The molecule has 2 N–H and O–H groups in total. The maximum absolute atomic E-state index is 11.9. The normalized spacial score (nSPS) is 25.1. The summed E-state index contributed by atoms with van der Waals surface area (Å²) in [6, 6.07) is 9.28. The molecule has 0 aliphatic carbocycles. The molecule has 0 saturated carbocycles. The number of benzene rings is 1. The lowest BCUT2D eigenvalue weighted by Gasteiger charge is -2.22. The minimum Gasteiger partial charge on any atom is -0.381 e. The van der Waals surface area contributed by atoms with Crippen LogP contribution < -0.4 is 10.6 Å². The molecule has 2 unspecified atom stereocenters. The van der Waals surface area contributed by atoms with Gasteiger partial charge in [0.1, 0.15) is 0 Å². The number of rotatable bonds is 4. The van der Waals surface area contributed by atoms with E-state index in [-0.39, 0.29) is 11.9 Å². The molecule has 114 valence electrons. The molecule has 0 aromatic heterocycles. The van der Waals surface area contributed by atoms with Gasteiger partial charge < -0.3 is 10.6 Å². The topological polar surface area (TPSA) is 44.4 Å². The lowest BCUT2D eigenvalue weighted by Crippen LogP contribution is -2.33. The van der Waals surface area contributed by atoms with Crippen LogP contribution in [0.4, 0.5) is 5.69 Å². The van der Waals surface area contributed by atoms with E-state index in [0.717, 1.165) is 11.3 Å². The average molecular weight is 287 g/mol. The lowest BCUT2D eigenvalue weighted by molar-refractivity contribution is 0.0943. The summed E-state index contributed by atoms with van der Waals surface area (Å²) in [5.41, 5.74) is 1.85.